The number of nitrogens with one attached hydrogen (secondary N) is 1. The Balaban J connectivity index is 3.45. The molecule has 0 aliphatic rings. The Hall–Kier alpha value is -2.18. The van der Waals surface area contributed by atoms with Crippen LogP contribution >= 0.6 is 0 Å². The van der Waals surface area contributed by atoms with E-state index in [2.05, 4.69) is 55.6 Å². The average Bonchev–Trinajstić information content (AvgIpc) is 3.34. The molecule has 0 saturated heterocycles. The number of aliphatic hydroxyl groups excluding tert-OH is 2. The lowest BCUT2D eigenvalue weighted by Crippen LogP contribution is -2.45. The van der Waals surface area contributed by atoms with Crippen molar-refractivity contribution in [1.82, 2.24) is 5.32 Å². The van der Waals surface area contributed by atoms with Gasteiger partial charge in [0, 0.05) is 12.8 Å². The van der Waals surface area contributed by atoms with E-state index < -0.39 is 12.1 Å². The molecule has 0 aliphatic heterocycles. The van der Waals surface area contributed by atoms with Gasteiger partial charge in [-0.3, -0.25) is 9.59 Å². The number of allylic oxidation sites excluding steroid dienone is 7. The molecule has 6 heteroatoms. The molecule has 398 valence electrons. The van der Waals surface area contributed by atoms with Crippen molar-refractivity contribution in [2.24, 2.45) is 0 Å². The van der Waals surface area contributed by atoms with Crippen molar-refractivity contribution in [3.05, 3.63) is 48.6 Å². The summed E-state index contributed by atoms with van der Waals surface area (Å²) < 4.78 is 5.48. The highest BCUT2D eigenvalue weighted by molar-refractivity contribution is 5.76. The lowest BCUT2D eigenvalue weighted by molar-refractivity contribution is -0.143. The predicted octanol–water partition coefficient (Wildman–Crippen LogP) is 18.6. The maximum Gasteiger partial charge on any atom is 0.305 e. The van der Waals surface area contributed by atoms with Crippen LogP contribution in [-0.2, 0) is 14.3 Å². The third-order valence-electron chi connectivity index (χ3n) is 13.6. The molecule has 2 atom stereocenters. The maximum absolute atomic E-state index is 12.4. The molecule has 0 aromatic rings. The summed E-state index contributed by atoms with van der Waals surface area (Å²) in [7, 11) is 0. The molecule has 1 amide bonds. The Morgan fingerprint density at radius 3 is 1.15 bits per heavy atom. The van der Waals surface area contributed by atoms with Crippen LogP contribution in [0.2, 0.25) is 0 Å². The predicted molar refractivity (Wildman–Crippen MR) is 296 cm³/mol. The Bertz CT molecular complexity index is 1150. The minimum atomic E-state index is -0.850. The van der Waals surface area contributed by atoms with E-state index in [-0.39, 0.29) is 18.5 Å². The van der Waals surface area contributed by atoms with Gasteiger partial charge < -0.3 is 20.3 Å². The Morgan fingerprint density at radius 2 is 0.735 bits per heavy atom. The van der Waals surface area contributed by atoms with Gasteiger partial charge in [-0.05, 0) is 89.9 Å². The van der Waals surface area contributed by atoms with Crippen LogP contribution in [0.25, 0.3) is 0 Å². The highest BCUT2D eigenvalue weighted by Gasteiger charge is 2.18. The van der Waals surface area contributed by atoms with Crippen LogP contribution in [0.4, 0.5) is 0 Å². The fourth-order valence-corrected chi connectivity index (χ4v) is 8.95. The zero-order valence-electron chi connectivity index (χ0n) is 45.3. The molecule has 0 fully saturated rings. The Kier molecular flexibility index (Phi) is 55.6. The number of hydrogen-bond donors (Lipinski definition) is 3. The van der Waals surface area contributed by atoms with Crippen molar-refractivity contribution in [2.45, 2.75) is 321 Å². The summed E-state index contributed by atoms with van der Waals surface area (Å²) in [5.41, 5.74) is 0. The summed E-state index contributed by atoms with van der Waals surface area (Å²) in [4.78, 5) is 24.5. The number of ether oxygens (including phenoxy) is 1. The Labute approximate surface area is 423 Å². The normalized spacial score (nSPS) is 12.9. The smallest absolute Gasteiger partial charge is 0.305 e. The standard InChI is InChI=1S/C62H115NO5/c1-3-5-7-9-11-13-15-17-18-19-25-28-32-36-40-44-48-52-56-62(67)68-57-53-49-45-41-37-33-29-26-23-21-20-22-24-27-31-35-39-43-47-51-55-61(66)63-59(58-64)60(65)54-50-46-42-38-34-30-16-14-12-10-8-6-4-2/h13,15,18-20,22,50,54,59-60,64-65H,3-12,14,16-17,21,23-49,51-53,55-58H2,1-2H3,(H,63,66)/b15-13-,19-18-,22-20-,54-50+. The SMILES string of the molecule is CCCCCC/C=C\C/C=C\CCCCCCCCCC(=O)OCCCCCCCCCCC/C=C\CCCCCCCCCC(=O)NC(CO)C(O)/C=C/CCCCCCCCCCCCC. The zero-order valence-corrected chi connectivity index (χ0v) is 45.3. The fourth-order valence-electron chi connectivity index (χ4n) is 8.95. The summed E-state index contributed by atoms with van der Waals surface area (Å²) in [5, 5.41) is 23.1. The van der Waals surface area contributed by atoms with Gasteiger partial charge in [-0.15, -0.1) is 0 Å². The first kappa shape index (κ1) is 65.8. The van der Waals surface area contributed by atoms with Gasteiger partial charge in [-0.1, -0.05) is 255 Å². The van der Waals surface area contributed by atoms with Gasteiger partial charge in [0.25, 0.3) is 0 Å². The lowest BCUT2D eigenvalue weighted by atomic mass is 10.0. The topological polar surface area (TPSA) is 95.9 Å². The van der Waals surface area contributed by atoms with Crippen LogP contribution in [0.15, 0.2) is 48.6 Å². The molecular weight excluding hydrogens is 839 g/mol. The largest absolute Gasteiger partial charge is 0.466 e. The third kappa shape index (κ3) is 53.2. The van der Waals surface area contributed by atoms with Gasteiger partial charge >= 0.3 is 5.97 Å². The molecule has 2 unspecified atom stereocenters. The molecule has 6 nitrogen and oxygen atoms in total. The quantitative estimate of drug-likeness (QED) is 0.0321. The van der Waals surface area contributed by atoms with Crippen LogP contribution < -0.4 is 5.32 Å². The second kappa shape index (κ2) is 57.4. The van der Waals surface area contributed by atoms with Gasteiger partial charge in [-0.2, -0.15) is 0 Å². The van der Waals surface area contributed by atoms with Gasteiger partial charge in [0.05, 0.1) is 25.4 Å². The van der Waals surface area contributed by atoms with E-state index in [1.165, 1.54) is 225 Å². The summed E-state index contributed by atoms with van der Waals surface area (Å²) in [5.74, 6) is -0.0797. The van der Waals surface area contributed by atoms with Crippen LogP contribution in [0.3, 0.4) is 0 Å². The summed E-state index contributed by atoms with van der Waals surface area (Å²) in [6, 6.07) is -0.634. The molecule has 68 heavy (non-hydrogen) atoms. The highest BCUT2D eigenvalue weighted by atomic mass is 16.5. The summed E-state index contributed by atoms with van der Waals surface area (Å²) in [6.07, 6.45) is 72.8. The summed E-state index contributed by atoms with van der Waals surface area (Å²) in [6.45, 7) is 4.87. The molecule has 0 aliphatic carbocycles. The maximum atomic E-state index is 12.4. The molecular formula is C62H115NO5. The lowest BCUT2D eigenvalue weighted by Gasteiger charge is -2.20. The van der Waals surface area contributed by atoms with E-state index in [1.54, 1.807) is 6.08 Å². The van der Waals surface area contributed by atoms with Crippen molar-refractivity contribution in [3.63, 3.8) is 0 Å². The fraction of sp³-hybridized carbons (Fsp3) is 0.839. The van der Waals surface area contributed by atoms with Gasteiger partial charge in [0.1, 0.15) is 0 Å². The van der Waals surface area contributed by atoms with Crippen LogP contribution in [0.5, 0.6) is 0 Å². The number of aliphatic hydroxyl groups is 2. The number of unbranched alkanes of at least 4 members (excludes halogenated alkanes) is 38. The van der Waals surface area contributed by atoms with Crippen molar-refractivity contribution >= 4 is 11.9 Å². The first-order valence-electron chi connectivity index (χ1n) is 29.9. The molecule has 0 aromatic heterocycles. The Morgan fingerprint density at radius 1 is 0.412 bits per heavy atom. The minimum Gasteiger partial charge on any atom is -0.466 e. The molecule has 0 heterocycles. The molecule has 0 rings (SSSR count). The number of carbonyl (C=O) groups excluding carboxylic acids is 2. The van der Waals surface area contributed by atoms with Crippen LogP contribution in [0.1, 0.15) is 309 Å². The van der Waals surface area contributed by atoms with Gasteiger partial charge in [0.15, 0.2) is 0 Å². The number of amides is 1. The number of esters is 1. The third-order valence-corrected chi connectivity index (χ3v) is 13.6. The zero-order chi connectivity index (χ0) is 49.3. The molecule has 0 saturated carbocycles. The first-order chi connectivity index (χ1) is 33.5. The first-order valence-corrected chi connectivity index (χ1v) is 29.9. The molecule has 3 N–H and O–H groups in total. The average molecular weight is 955 g/mol. The highest BCUT2D eigenvalue weighted by Crippen LogP contribution is 2.16. The molecule has 0 radical (unpaired) electrons. The van der Waals surface area contributed by atoms with E-state index in [4.69, 9.17) is 4.74 Å². The van der Waals surface area contributed by atoms with E-state index in [9.17, 15) is 19.8 Å². The molecule has 0 spiro atoms. The van der Waals surface area contributed by atoms with E-state index in [0.717, 1.165) is 57.8 Å². The van der Waals surface area contributed by atoms with Crippen LogP contribution in [-0.4, -0.2) is 47.4 Å². The van der Waals surface area contributed by atoms with E-state index in [1.807, 2.05) is 6.08 Å². The van der Waals surface area contributed by atoms with Crippen molar-refractivity contribution in [1.29, 1.82) is 0 Å². The van der Waals surface area contributed by atoms with Crippen molar-refractivity contribution in [3.8, 4) is 0 Å². The second-order valence-electron chi connectivity index (χ2n) is 20.3. The number of rotatable bonds is 55. The minimum absolute atomic E-state index is 0.00226. The molecule has 0 aromatic carbocycles. The van der Waals surface area contributed by atoms with Crippen molar-refractivity contribution in [2.75, 3.05) is 13.2 Å². The monoisotopic (exact) mass is 954 g/mol. The van der Waals surface area contributed by atoms with E-state index in [0.29, 0.717) is 19.4 Å². The second-order valence-corrected chi connectivity index (χ2v) is 20.3. The van der Waals surface area contributed by atoms with Crippen LogP contribution in [0, 0.1) is 0 Å². The van der Waals surface area contributed by atoms with Crippen molar-refractivity contribution < 1.29 is 24.5 Å². The van der Waals surface area contributed by atoms with Gasteiger partial charge in [-0.25, -0.2) is 0 Å². The number of carbonyl (C=O) groups is 2. The van der Waals surface area contributed by atoms with Gasteiger partial charge in [0.2, 0.25) is 5.91 Å². The summed E-state index contributed by atoms with van der Waals surface area (Å²) >= 11 is 0. The number of hydrogen-bond acceptors (Lipinski definition) is 5. The van der Waals surface area contributed by atoms with E-state index >= 15 is 0 Å². The molecule has 0 bridgehead atoms.